The Bertz CT molecular complexity index is 668. The summed E-state index contributed by atoms with van der Waals surface area (Å²) in [6.45, 7) is 5.98. The summed E-state index contributed by atoms with van der Waals surface area (Å²) in [5.74, 6) is 0.0241. The molecule has 0 fully saturated rings. The van der Waals surface area contributed by atoms with Crippen LogP contribution in [0.2, 0.25) is 0 Å². The van der Waals surface area contributed by atoms with E-state index in [0.29, 0.717) is 13.0 Å². The van der Waals surface area contributed by atoms with E-state index in [-0.39, 0.29) is 5.91 Å². The number of pyridine rings is 1. The molecule has 0 radical (unpaired) electrons. The van der Waals surface area contributed by atoms with Gasteiger partial charge in [-0.25, -0.2) is 4.98 Å². The largest absolute Gasteiger partial charge is 0.389 e. The molecule has 0 aromatic carbocycles. The summed E-state index contributed by atoms with van der Waals surface area (Å²) < 4.78 is 0. The van der Waals surface area contributed by atoms with Gasteiger partial charge in [-0.2, -0.15) is 0 Å². The maximum absolute atomic E-state index is 11.9. The fourth-order valence-electron chi connectivity index (χ4n) is 2.39. The molecule has 0 bridgehead atoms. The summed E-state index contributed by atoms with van der Waals surface area (Å²) in [5.41, 5.74) is 3.48. The quantitative estimate of drug-likeness (QED) is 0.817. The van der Waals surface area contributed by atoms with Crippen molar-refractivity contribution in [3.63, 3.8) is 0 Å². The topological polar surface area (TPSA) is 75.1 Å². The van der Waals surface area contributed by atoms with Crippen LogP contribution < -0.4 is 5.32 Å². The number of aryl methyl sites for hydroxylation is 3. The van der Waals surface area contributed by atoms with E-state index in [1.54, 1.807) is 18.3 Å². The number of aliphatic hydroxyl groups excluding tert-OH is 1. The van der Waals surface area contributed by atoms with Crippen molar-refractivity contribution < 1.29 is 9.90 Å². The molecule has 6 heteroatoms. The Labute approximate surface area is 140 Å². The Balaban J connectivity index is 1.74. The van der Waals surface area contributed by atoms with Crippen LogP contribution in [0.3, 0.4) is 0 Å². The Morgan fingerprint density at radius 1 is 1.30 bits per heavy atom. The van der Waals surface area contributed by atoms with Gasteiger partial charge in [-0.15, -0.1) is 11.3 Å². The van der Waals surface area contributed by atoms with Crippen molar-refractivity contribution in [1.82, 2.24) is 15.3 Å². The molecule has 0 spiro atoms. The van der Waals surface area contributed by atoms with E-state index in [1.165, 1.54) is 0 Å². The second kappa shape index (κ2) is 8.17. The molecule has 2 aromatic heterocycles. The summed E-state index contributed by atoms with van der Waals surface area (Å²) in [5, 5.41) is 15.6. The van der Waals surface area contributed by atoms with Gasteiger partial charge in [0.15, 0.2) is 0 Å². The van der Waals surface area contributed by atoms with E-state index in [4.69, 9.17) is 0 Å². The molecule has 1 atom stereocenters. The van der Waals surface area contributed by atoms with E-state index in [9.17, 15) is 9.90 Å². The molecule has 2 aromatic rings. The molecule has 0 aliphatic carbocycles. The van der Waals surface area contributed by atoms with E-state index in [1.807, 2.05) is 31.4 Å². The molecule has 2 rings (SSSR count). The molecule has 0 saturated heterocycles. The van der Waals surface area contributed by atoms with Crippen molar-refractivity contribution in [2.45, 2.75) is 52.7 Å². The number of thiazole rings is 1. The van der Waals surface area contributed by atoms with Gasteiger partial charge in [0.05, 0.1) is 29.0 Å². The first-order valence-corrected chi connectivity index (χ1v) is 8.66. The first-order valence-electron chi connectivity index (χ1n) is 7.78. The zero-order valence-electron chi connectivity index (χ0n) is 13.8. The van der Waals surface area contributed by atoms with E-state index in [2.05, 4.69) is 15.3 Å². The maximum atomic E-state index is 11.9. The first-order chi connectivity index (χ1) is 11.0. The highest BCUT2D eigenvalue weighted by molar-refractivity contribution is 7.09. The van der Waals surface area contributed by atoms with Crippen LogP contribution in [0.15, 0.2) is 17.5 Å². The molecule has 0 aliphatic heterocycles. The maximum Gasteiger partial charge on any atom is 0.220 e. The number of nitrogens with zero attached hydrogens (tertiary/aromatic N) is 2. The van der Waals surface area contributed by atoms with Crippen molar-refractivity contribution >= 4 is 17.2 Å². The predicted octanol–water partition coefficient (Wildman–Crippen LogP) is 2.85. The number of aromatic nitrogens is 2. The molecular weight excluding hydrogens is 310 g/mol. The second-order valence-corrected chi connectivity index (χ2v) is 6.70. The minimum absolute atomic E-state index is 0.0241. The summed E-state index contributed by atoms with van der Waals surface area (Å²) in [7, 11) is 0. The normalized spacial score (nSPS) is 12.2. The lowest BCUT2D eigenvalue weighted by molar-refractivity contribution is -0.121. The summed E-state index contributed by atoms with van der Waals surface area (Å²) in [6.07, 6.45) is 1.59. The van der Waals surface area contributed by atoms with Crippen LogP contribution in [-0.4, -0.2) is 21.0 Å². The lowest BCUT2D eigenvalue weighted by Gasteiger charge is -2.10. The van der Waals surface area contributed by atoms with E-state index >= 15 is 0 Å². The summed E-state index contributed by atoms with van der Waals surface area (Å²) >= 11 is 1.64. The minimum atomic E-state index is -0.527. The minimum Gasteiger partial charge on any atom is -0.389 e. The van der Waals surface area contributed by atoms with Gasteiger partial charge >= 0.3 is 0 Å². The standard InChI is InChI=1S/C17H23N3O2S/c1-11-16(12(2)21)8-7-14(19-11)9-18-17(22)6-4-5-15-10-23-13(3)20-15/h7-8,10,12,21H,4-6,9H2,1-3H3,(H,18,22)/t12-/m1/s1. The van der Waals surface area contributed by atoms with Gasteiger partial charge in [-0.1, -0.05) is 6.07 Å². The number of carbonyl (C=O) groups excluding carboxylic acids is 1. The number of hydrogen-bond acceptors (Lipinski definition) is 5. The highest BCUT2D eigenvalue weighted by atomic mass is 32.1. The number of aliphatic hydroxyl groups is 1. The molecule has 2 heterocycles. The molecular formula is C17H23N3O2S. The van der Waals surface area contributed by atoms with Crippen LogP contribution in [0, 0.1) is 13.8 Å². The van der Waals surface area contributed by atoms with Gasteiger partial charge in [-0.3, -0.25) is 9.78 Å². The molecule has 5 nitrogen and oxygen atoms in total. The molecule has 124 valence electrons. The first kappa shape index (κ1) is 17.6. The smallest absolute Gasteiger partial charge is 0.220 e. The molecule has 23 heavy (non-hydrogen) atoms. The predicted molar refractivity (Wildman–Crippen MR) is 91.2 cm³/mol. The monoisotopic (exact) mass is 333 g/mol. The number of rotatable bonds is 7. The molecule has 1 amide bonds. The van der Waals surface area contributed by atoms with Gasteiger partial charge in [0, 0.05) is 23.1 Å². The second-order valence-electron chi connectivity index (χ2n) is 5.64. The highest BCUT2D eigenvalue weighted by Crippen LogP contribution is 2.15. The fraction of sp³-hybridized carbons (Fsp3) is 0.471. The zero-order valence-corrected chi connectivity index (χ0v) is 14.6. The average molecular weight is 333 g/mol. The summed E-state index contributed by atoms with van der Waals surface area (Å²) in [4.78, 5) is 20.7. The van der Waals surface area contributed by atoms with Crippen LogP contribution in [0.4, 0.5) is 0 Å². The molecule has 2 N–H and O–H groups in total. The van der Waals surface area contributed by atoms with Gasteiger partial charge in [0.1, 0.15) is 0 Å². The third kappa shape index (κ3) is 5.41. The van der Waals surface area contributed by atoms with Crippen LogP contribution >= 0.6 is 11.3 Å². The number of amides is 1. The Hall–Kier alpha value is -1.79. The molecule has 0 saturated carbocycles. The van der Waals surface area contributed by atoms with Gasteiger partial charge in [-0.05, 0) is 39.7 Å². The van der Waals surface area contributed by atoms with Crippen molar-refractivity contribution in [2.75, 3.05) is 0 Å². The number of carbonyl (C=O) groups is 1. The van der Waals surface area contributed by atoms with Crippen LogP contribution in [0.1, 0.15) is 53.5 Å². The van der Waals surface area contributed by atoms with Crippen molar-refractivity contribution in [2.24, 2.45) is 0 Å². The number of hydrogen-bond donors (Lipinski definition) is 2. The van der Waals surface area contributed by atoms with Gasteiger partial charge in [0.25, 0.3) is 0 Å². The third-order valence-electron chi connectivity index (χ3n) is 3.60. The van der Waals surface area contributed by atoms with Crippen molar-refractivity contribution in [1.29, 1.82) is 0 Å². The highest BCUT2D eigenvalue weighted by Gasteiger charge is 2.08. The Morgan fingerprint density at radius 2 is 2.09 bits per heavy atom. The average Bonchev–Trinajstić information content (AvgIpc) is 2.90. The van der Waals surface area contributed by atoms with Crippen molar-refractivity contribution in [3.05, 3.63) is 45.2 Å². The third-order valence-corrected chi connectivity index (χ3v) is 4.43. The molecule has 0 aliphatic rings. The fourth-order valence-corrected chi connectivity index (χ4v) is 3.04. The SMILES string of the molecule is Cc1nc(CCCC(=O)NCc2ccc([C@@H](C)O)c(C)n2)cs1. The Morgan fingerprint density at radius 3 is 2.70 bits per heavy atom. The number of nitrogens with one attached hydrogen (secondary N) is 1. The molecule has 0 unspecified atom stereocenters. The van der Waals surface area contributed by atoms with Crippen molar-refractivity contribution in [3.8, 4) is 0 Å². The summed E-state index contributed by atoms with van der Waals surface area (Å²) in [6, 6.07) is 3.70. The van der Waals surface area contributed by atoms with Crippen LogP contribution in [0.5, 0.6) is 0 Å². The van der Waals surface area contributed by atoms with E-state index in [0.717, 1.165) is 40.5 Å². The lowest BCUT2D eigenvalue weighted by atomic mass is 10.1. The van der Waals surface area contributed by atoms with Crippen LogP contribution in [0.25, 0.3) is 0 Å². The Kier molecular flexibility index (Phi) is 6.24. The van der Waals surface area contributed by atoms with E-state index < -0.39 is 6.10 Å². The zero-order chi connectivity index (χ0) is 16.8. The van der Waals surface area contributed by atoms with Gasteiger partial charge in [0.2, 0.25) is 5.91 Å². The van der Waals surface area contributed by atoms with Crippen LogP contribution in [-0.2, 0) is 17.8 Å². The van der Waals surface area contributed by atoms with Gasteiger partial charge < -0.3 is 10.4 Å². The lowest BCUT2D eigenvalue weighted by Crippen LogP contribution is -2.23.